The van der Waals surface area contributed by atoms with Crippen molar-refractivity contribution in [3.8, 4) is 0 Å². The van der Waals surface area contributed by atoms with Crippen molar-refractivity contribution >= 4 is 6.08 Å². The van der Waals surface area contributed by atoms with Gasteiger partial charge in [-0.05, 0) is 72.1 Å². The fourth-order valence-electron chi connectivity index (χ4n) is 4.17. The molecule has 0 aromatic heterocycles. The van der Waals surface area contributed by atoms with Crippen LogP contribution in [0.3, 0.4) is 0 Å². The average Bonchev–Trinajstić information content (AvgIpc) is 2.45. The van der Waals surface area contributed by atoms with Crippen LogP contribution in [0.5, 0.6) is 0 Å². The summed E-state index contributed by atoms with van der Waals surface area (Å²) in [5.74, 6) is 3.04. The van der Waals surface area contributed by atoms with E-state index in [0.717, 1.165) is 11.8 Å². The Bertz CT molecular complexity index is 523. The average molecular weight is 299 g/mol. The van der Waals surface area contributed by atoms with Gasteiger partial charge in [-0.2, -0.15) is 0 Å². The lowest BCUT2D eigenvalue weighted by Crippen LogP contribution is -2.16. The fraction of sp³-hybridized carbons (Fsp3) is 0.636. The molecular weight excluding hydrogens is 264 g/mol. The largest absolute Gasteiger partial charge is 0.0811 e. The molecule has 0 aliphatic heterocycles. The molecule has 22 heavy (non-hydrogen) atoms. The van der Waals surface area contributed by atoms with E-state index in [0.29, 0.717) is 11.8 Å². The van der Waals surface area contributed by atoms with Gasteiger partial charge in [0.2, 0.25) is 0 Å². The summed E-state index contributed by atoms with van der Waals surface area (Å²) in [6, 6.07) is 4.72. The SMILES string of the molecule is CCC(C)CC(C)/C=C/c1ccc2c(c1C)C(C)C[C@H](C)C2. The van der Waals surface area contributed by atoms with Gasteiger partial charge < -0.3 is 0 Å². The van der Waals surface area contributed by atoms with Crippen molar-refractivity contribution in [3.63, 3.8) is 0 Å². The molecule has 1 aromatic carbocycles. The third-order valence-corrected chi connectivity index (χ3v) is 5.54. The van der Waals surface area contributed by atoms with E-state index in [1.54, 1.807) is 11.1 Å². The van der Waals surface area contributed by atoms with Gasteiger partial charge in [0.1, 0.15) is 0 Å². The third kappa shape index (κ3) is 4.03. The van der Waals surface area contributed by atoms with Crippen LogP contribution in [0.4, 0.5) is 0 Å². The van der Waals surface area contributed by atoms with Crippen molar-refractivity contribution in [1.29, 1.82) is 0 Å². The molecule has 1 aromatic rings. The summed E-state index contributed by atoms with van der Waals surface area (Å²) in [5.41, 5.74) is 6.17. The van der Waals surface area contributed by atoms with Crippen molar-refractivity contribution in [2.75, 3.05) is 0 Å². The Kier molecular flexibility index (Phi) is 5.89. The summed E-state index contributed by atoms with van der Waals surface area (Å²) >= 11 is 0. The van der Waals surface area contributed by atoms with E-state index in [1.807, 2.05) is 0 Å². The molecule has 0 radical (unpaired) electrons. The van der Waals surface area contributed by atoms with Gasteiger partial charge in [0.05, 0.1) is 0 Å². The van der Waals surface area contributed by atoms with Gasteiger partial charge in [0, 0.05) is 0 Å². The monoisotopic (exact) mass is 298 g/mol. The molecule has 0 fully saturated rings. The summed E-state index contributed by atoms with van der Waals surface area (Å²) in [6.45, 7) is 14.1. The van der Waals surface area contributed by atoms with E-state index in [2.05, 4.69) is 65.8 Å². The van der Waals surface area contributed by atoms with E-state index in [9.17, 15) is 0 Å². The summed E-state index contributed by atoms with van der Waals surface area (Å²) < 4.78 is 0. The molecule has 0 nitrogen and oxygen atoms in total. The predicted molar refractivity (Wildman–Crippen MR) is 99.3 cm³/mol. The van der Waals surface area contributed by atoms with Crippen LogP contribution in [0, 0.1) is 24.7 Å². The minimum absolute atomic E-state index is 0.669. The molecule has 0 heterocycles. The maximum atomic E-state index is 2.41. The summed E-state index contributed by atoms with van der Waals surface area (Å²) in [4.78, 5) is 0. The first-order valence-electron chi connectivity index (χ1n) is 9.22. The first-order chi connectivity index (χ1) is 10.4. The van der Waals surface area contributed by atoms with Gasteiger partial charge in [-0.15, -0.1) is 0 Å². The predicted octanol–water partition coefficient (Wildman–Crippen LogP) is 6.77. The highest BCUT2D eigenvalue weighted by Crippen LogP contribution is 2.37. The number of fused-ring (bicyclic) bond motifs is 1. The molecule has 0 saturated carbocycles. The molecule has 0 bridgehead atoms. The molecule has 122 valence electrons. The maximum Gasteiger partial charge on any atom is -0.0182 e. The van der Waals surface area contributed by atoms with Gasteiger partial charge >= 0.3 is 0 Å². The molecule has 0 saturated heterocycles. The summed E-state index contributed by atoms with van der Waals surface area (Å²) in [5, 5.41) is 0. The fourth-order valence-corrected chi connectivity index (χ4v) is 4.17. The standard InChI is InChI=1S/C22H34/c1-7-15(2)12-16(3)8-9-20-10-11-21-14-17(4)13-18(5)22(21)19(20)6/h8-11,15-18H,7,12-14H2,1-6H3/b9-8+/t15?,16?,17-,18?/m0/s1. The first-order valence-corrected chi connectivity index (χ1v) is 9.22. The zero-order valence-electron chi connectivity index (χ0n) is 15.4. The molecule has 2 rings (SSSR count). The van der Waals surface area contributed by atoms with Crippen LogP contribution in [-0.2, 0) is 6.42 Å². The van der Waals surface area contributed by atoms with Crippen molar-refractivity contribution in [2.45, 2.75) is 73.1 Å². The summed E-state index contributed by atoms with van der Waals surface area (Å²) in [6.07, 6.45) is 9.96. The van der Waals surface area contributed by atoms with Crippen molar-refractivity contribution < 1.29 is 0 Å². The summed E-state index contributed by atoms with van der Waals surface area (Å²) in [7, 11) is 0. The van der Waals surface area contributed by atoms with Crippen LogP contribution in [0.25, 0.3) is 6.08 Å². The van der Waals surface area contributed by atoms with E-state index >= 15 is 0 Å². The Morgan fingerprint density at radius 1 is 1.23 bits per heavy atom. The smallest absolute Gasteiger partial charge is 0.0182 e. The highest BCUT2D eigenvalue weighted by atomic mass is 14.3. The van der Waals surface area contributed by atoms with Crippen molar-refractivity contribution in [3.05, 3.63) is 40.5 Å². The normalized spacial score (nSPS) is 24.3. The van der Waals surface area contributed by atoms with Crippen LogP contribution < -0.4 is 0 Å². The Morgan fingerprint density at radius 2 is 1.95 bits per heavy atom. The molecule has 0 amide bonds. The van der Waals surface area contributed by atoms with E-state index < -0.39 is 0 Å². The second kappa shape index (κ2) is 7.49. The number of rotatable bonds is 5. The van der Waals surface area contributed by atoms with Crippen LogP contribution in [0.1, 0.15) is 82.1 Å². The zero-order chi connectivity index (χ0) is 16.3. The van der Waals surface area contributed by atoms with Gasteiger partial charge in [-0.25, -0.2) is 0 Å². The number of benzene rings is 1. The third-order valence-electron chi connectivity index (χ3n) is 5.54. The minimum Gasteiger partial charge on any atom is -0.0811 e. The minimum atomic E-state index is 0.669. The highest BCUT2D eigenvalue weighted by Gasteiger charge is 2.23. The van der Waals surface area contributed by atoms with Gasteiger partial charge in [0.15, 0.2) is 0 Å². The maximum absolute atomic E-state index is 2.41. The van der Waals surface area contributed by atoms with E-state index in [4.69, 9.17) is 0 Å². The molecule has 1 aliphatic rings. The topological polar surface area (TPSA) is 0 Å². The molecule has 0 heteroatoms. The number of hydrogen-bond donors (Lipinski definition) is 0. The highest BCUT2D eigenvalue weighted by molar-refractivity contribution is 5.58. The molecular formula is C22H34. The Labute approximate surface area is 138 Å². The van der Waals surface area contributed by atoms with Crippen molar-refractivity contribution in [1.82, 2.24) is 0 Å². The Morgan fingerprint density at radius 3 is 2.64 bits per heavy atom. The Hall–Kier alpha value is -1.04. The van der Waals surface area contributed by atoms with Crippen LogP contribution in [-0.4, -0.2) is 0 Å². The van der Waals surface area contributed by atoms with Crippen LogP contribution >= 0.6 is 0 Å². The quantitative estimate of drug-likeness (QED) is 0.563. The molecule has 1 aliphatic carbocycles. The molecule has 4 atom stereocenters. The second-order valence-corrected chi connectivity index (χ2v) is 7.88. The number of hydrogen-bond acceptors (Lipinski definition) is 0. The molecule has 0 spiro atoms. The second-order valence-electron chi connectivity index (χ2n) is 7.88. The zero-order valence-corrected chi connectivity index (χ0v) is 15.4. The van der Waals surface area contributed by atoms with E-state index in [-0.39, 0.29) is 0 Å². The van der Waals surface area contributed by atoms with Gasteiger partial charge in [-0.3, -0.25) is 0 Å². The van der Waals surface area contributed by atoms with Gasteiger partial charge in [0.25, 0.3) is 0 Å². The molecule has 3 unspecified atom stereocenters. The lowest BCUT2D eigenvalue weighted by molar-refractivity contribution is 0.448. The van der Waals surface area contributed by atoms with Crippen LogP contribution in [0.15, 0.2) is 18.2 Å². The lowest BCUT2D eigenvalue weighted by Gasteiger charge is -2.29. The number of allylic oxidation sites excluding steroid dienone is 1. The first kappa shape index (κ1) is 17.3. The van der Waals surface area contributed by atoms with Gasteiger partial charge in [-0.1, -0.05) is 65.3 Å². The van der Waals surface area contributed by atoms with Crippen LogP contribution in [0.2, 0.25) is 0 Å². The Balaban J connectivity index is 2.18. The van der Waals surface area contributed by atoms with Crippen molar-refractivity contribution in [2.24, 2.45) is 17.8 Å². The lowest BCUT2D eigenvalue weighted by atomic mass is 9.75. The van der Waals surface area contributed by atoms with E-state index in [1.165, 1.54) is 36.8 Å². The molecule has 0 N–H and O–H groups in total.